The highest BCUT2D eigenvalue weighted by Gasteiger charge is 2.33. The van der Waals surface area contributed by atoms with Gasteiger partial charge in [0.25, 0.3) is 5.91 Å². The Hall–Kier alpha value is -2.70. The lowest BCUT2D eigenvalue weighted by molar-refractivity contribution is -0.136. The molecule has 1 heterocycles. The topological polar surface area (TPSA) is 50.4 Å². The molecule has 3 rings (SSSR count). The van der Waals surface area contributed by atoms with Crippen LogP contribution in [0, 0.1) is 0 Å². The number of carbonyl (C=O) groups excluding carboxylic acids is 1. The zero-order chi connectivity index (χ0) is 16.4. The second kappa shape index (κ2) is 5.83. The number of rotatable bonds is 2. The van der Waals surface area contributed by atoms with Crippen LogP contribution in [0.2, 0.25) is 0 Å². The number of alkyl halides is 3. The van der Waals surface area contributed by atoms with Crippen LogP contribution in [0.4, 0.5) is 24.5 Å². The van der Waals surface area contributed by atoms with Crippen LogP contribution in [-0.2, 0) is 6.18 Å². The van der Waals surface area contributed by atoms with Crippen LogP contribution in [0.15, 0.2) is 42.5 Å². The number of ether oxygens (including phenoxy) is 1. The second-order valence-electron chi connectivity index (χ2n) is 4.95. The quantitative estimate of drug-likeness (QED) is 0.885. The van der Waals surface area contributed by atoms with Gasteiger partial charge in [-0.15, -0.1) is 0 Å². The summed E-state index contributed by atoms with van der Waals surface area (Å²) in [5, 5.41) is 5.39. The molecule has 7 heteroatoms. The third-order valence-corrected chi connectivity index (χ3v) is 3.40. The number of carbonyl (C=O) groups is 1. The molecular formula is C16H13F3N2O2. The van der Waals surface area contributed by atoms with Crippen LogP contribution in [-0.4, -0.2) is 19.1 Å². The van der Waals surface area contributed by atoms with E-state index in [0.29, 0.717) is 24.6 Å². The number of para-hydroxylation sites is 2. The number of hydrogen-bond donors (Lipinski definition) is 2. The van der Waals surface area contributed by atoms with Gasteiger partial charge in [-0.2, -0.15) is 13.2 Å². The summed E-state index contributed by atoms with van der Waals surface area (Å²) in [5.41, 5.74) is -0.344. The van der Waals surface area contributed by atoms with E-state index in [-0.39, 0.29) is 11.3 Å². The zero-order valence-corrected chi connectivity index (χ0v) is 11.9. The summed E-state index contributed by atoms with van der Waals surface area (Å²) < 4.78 is 44.4. The van der Waals surface area contributed by atoms with Gasteiger partial charge in [0.05, 0.1) is 22.5 Å². The average Bonchev–Trinajstić information content (AvgIpc) is 2.54. The maximum Gasteiger partial charge on any atom is 0.418 e. The maximum absolute atomic E-state index is 13.0. The van der Waals surface area contributed by atoms with E-state index in [4.69, 9.17) is 4.74 Å². The molecule has 0 radical (unpaired) electrons. The van der Waals surface area contributed by atoms with Gasteiger partial charge in [-0.3, -0.25) is 4.79 Å². The number of hydrogen-bond acceptors (Lipinski definition) is 3. The Bertz CT molecular complexity index is 744. The molecule has 0 bridgehead atoms. The predicted molar refractivity (Wildman–Crippen MR) is 79.8 cm³/mol. The normalized spacial score (nSPS) is 13.5. The Morgan fingerprint density at radius 1 is 1.13 bits per heavy atom. The lowest BCUT2D eigenvalue weighted by Gasteiger charge is -2.21. The summed E-state index contributed by atoms with van der Waals surface area (Å²) in [6, 6.07) is 9.75. The number of amides is 1. The number of fused-ring (bicyclic) bond motifs is 1. The molecule has 0 saturated heterocycles. The smallest absolute Gasteiger partial charge is 0.418 e. The minimum atomic E-state index is -4.54. The van der Waals surface area contributed by atoms with E-state index in [2.05, 4.69) is 10.6 Å². The van der Waals surface area contributed by atoms with Gasteiger partial charge < -0.3 is 15.4 Å². The average molecular weight is 322 g/mol. The fourth-order valence-electron chi connectivity index (χ4n) is 2.38. The fourth-order valence-corrected chi connectivity index (χ4v) is 2.38. The highest BCUT2D eigenvalue weighted by atomic mass is 19.4. The number of anilines is 2. The first-order chi connectivity index (χ1) is 11.0. The van der Waals surface area contributed by atoms with Gasteiger partial charge >= 0.3 is 6.18 Å². The number of halogens is 3. The van der Waals surface area contributed by atoms with Gasteiger partial charge in [-0.05, 0) is 24.3 Å². The summed E-state index contributed by atoms with van der Waals surface area (Å²) >= 11 is 0. The first-order valence-corrected chi connectivity index (χ1v) is 6.94. The molecule has 2 aromatic rings. The Morgan fingerprint density at radius 2 is 1.91 bits per heavy atom. The molecule has 2 N–H and O–H groups in total. The van der Waals surface area contributed by atoms with Gasteiger partial charge in [0.15, 0.2) is 5.75 Å². The lowest BCUT2D eigenvalue weighted by Crippen LogP contribution is -2.22. The van der Waals surface area contributed by atoms with Gasteiger partial charge in [-0.25, -0.2) is 0 Å². The largest absolute Gasteiger partial charge is 0.489 e. The van der Waals surface area contributed by atoms with Gasteiger partial charge in [0.2, 0.25) is 0 Å². The first-order valence-electron chi connectivity index (χ1n) is 6.94. The fraction of sp³-hybridized carbons (Fsp3) is 0.188. The molecule has 1 amide bonds. The molecule has 0 atom stereocenters. The molecule has 1 aliphatic heterocycles. The predicted octanol–water partition coefficient (Wildman–Crippen LogP) is 3.76. The molecule has 2 aromatic carbocycles. The van der Waals surface area contributed by atoms with Crippen molar-refractivity contribution in [3.8, 4) is 5.75 Å². The Balaban J connectivity index is 1.92. The van der Waals surface area contributed by atoms with Gasteiger partial charge in [0.1, 0.15) is 6.61 Å². The molecule has 0 unspecified atom stereocenters. The van der Waals surface area contributed by atoms with Crippen LogP contribution in [0.1, 0.15) is 15.9 Å². The van der Waals surface area contributed by atoms with E-state index >= 15 is 0 Å². The van der Waals surface area contributed by atoms with Crippen molar-refractivity contribution in [2.45, 2.75) is 6.18 Å². The molecule has 0 saturated carbocycles. The molecule has 23 heavy (non-hydrogen) atoms. The molecule has 0 spiro atoms. The first kappa shape index (κ1) is 15.2. The van der Waals surface area contributed by atoms with Crippen molar-refractivity contribution >= 4 is 17.3 Å². The molecule has 4 nitrogen and oxygen atoms in total. The van der Waals surface area contributed by atoms with Crippen molar-refractivity contribution in [1.29, 1.82) is 0 Å². The highest BCUT2D eigenvalue weighted by Crippen LogP contribution is 2.36. The van der Waals surface area contributed by atoms with Crippen LogP contribution in [0.5, 0.6) is 5.75 Å². The van der Waals surface area contributed by atoms with E-state index in [0.717, 1.165) is 6.07 Å². The summed E-state index contributed by atoms with van der Waals surface area (Å²) in [7, 11) is 0. The van der Waals surface area contributed by atoms with Crippen molar-refractivity contribution in [3.63, 3.8) is 0 Å². The zero-order valence-electron chi connectivity index (χ0n) is 11.9. The standard InChI is InChI=1S/C16H13F3N2O2/c17-16(18,19)11-5-1-2-6-12(11)21-15(22)10-4-3-7-13-14(10)23-9-8-20-13/h1-7,20H,8-9H2,(H,21,22). The van der Waals surface area contributed by atoms with Crippen LogP contribution in [0.25, 0.3) is 0 Å². The maximum atomic E-state index is 13.0. The van der Waals surface area contributed by atoms with Crippen LogP contribution < -0.4 is 15.4 Å². The highest BCUT2D eigenvalue weighted by molar-refractivity contribution is 6.07. The molecule has 120 valence electrons. The van der Waals surface area contributed by atoms with Crippen molar-refractivity contribution in [2.75, 3.05) is 23.8 Å². The van der Waals surface area contributed by atoms with Crippen LogP contribution >= 0.6 is 0 Å². The summed E-state index contributed by atoms with van der Waals surface area (Å²) in [6.45, 7) is 0.991. The van der Waals surface area contributed by atoms with Crippen molar-refractivity contribution in [1.82, 2.24) is 0 Å². The molecule has 0 aromatic heterocycles. The Kier molecular flexibility index (Phi) is 3.85. The monoisotopic (exact) mass is 322 g/mol. The Morgan fingerprint density at radius 3 is 2.70 bits per heavy atom. The number of nitrogens with one attached hydrogen (secondary N) is 2. The van der Waals surface area contributed by atoms with Crippen molar-refractivity contribution in [3.05, 3.63) is 53.6 Å². The van der Waals surface area contributed by atoms with Crippen LogP contribution in [0.3, 0.4) is 0 Å². The lowest BCUT2D eigenvalue weighted by atomic mass is 10.1. The van der Waals surface area contributed by atoms with E-state index in [1.807, 2.05) is 0 Å². The molecule has 1 aliphatic rings. The second-order valence-corrected chi connectivity index (χ2v) is 4.95. The number of benzene rings is 2. The van der Waals surface area contributed by atoms with Crippen molar-refractivity contribution in [2.24, 2.45) is 0 Å². The minimum Gasteiger partial charge on any atom is -0.489 e. The molecular weight excluding hydrogens is 309 g/mol. The third-order valence-electron chi connectivity index (χ3n) is 3.40. The van der Waals surface area contributed by atoms with E-state index in [1.165, 1.54) is 24.3 Å². The van der Waals surface area contributed by atoms with Gasteiger partial charge in [0, 0.05) is 6.54 Å². The van der Waals surface area contributed by atoms with Crippen molar-refractivity contribution < 1.29 is 22.7 Å². The SMILES string of the molecule is O=C(Nc1ccccc1C(F)(F)F)c1cccc2c1OCCN2. The third kappa shape index (κ3) is 3.08. The Labute approximate surface area is 130 Å². The van der Waals surface area contributed by atoms with Gasteiger partial charge in [-0.1, -0.05) is 18.2 Å². The molecule has 0 fully saturated rings. The minimum absolute atomic E-state index is 0.187. The van der Waals surface area contributed by atoms with E-state index in [9.17, 15) is 18.0 Å². The summed E-state index contributed by atoms with van der Waals surface area (Å²) in [6.07, 6.45) is -4.54. The molecule has 0 aliphatic carbocycles. The van der Waals surface area contributed by atoms with E-state index < -0.39 is 17.6 Å². The van der Waals surface area contributed by atoms with E-state index in [1.54, 1.807) is 12.1 Å². The summed E-state index contributed by atoms with van der Waals surface area (Å²) in [5.74, 6) is -0.303. The summed E-state index contributed by atoms with van der Waals surface area (Å²) in [4.78, 5) is 12.4.